The Labute approximate surface area is 132 Å². The Morgan fingerprint density at radius 3 is 2.09 bits per heavy atom. The summed E-state index contributed by atoms with van der Waals surface area (Å²) in [5, 5.41) is 0. The lowest BCUT2D eigenvalue weighted by molar-refractivity contribution is 0.0842. The lowest BCUT2D eigenvalue weighted by Crippen LogP contribution is -2.42. The highest BCUT2D eigenvalue weighted by Gasteiger charge is 2.17. The second-order valence-electron chi connectivity index (χ2n) is 4.43. The number of amides is 2. The van der Waals surface area contributed by atoms with Gasteiger partial charge in [0.1, 0.15) is 5.82 Å². The molecule has 120 valence electrons. The molecule has 0 aliphatic rings. The summed E-state index contributed by atoms with van der Waals surface area (Å²) < 4.78 is 23.7. The van der Waals surface area contributed by atoms with E-state index in [4.69, 9.17) is 9.47 Å². The molecule has 2 amide bonds. The largest absolute Gasteiger partial charge is 0.493 e. The SMILES string of the molecule is COc1cccc(C(=O)NNC(=O)c2ccccc2F)c1OC. The Morgan fingerprint density at radius 1 is 0.870 bits per heavy atom. The first kappa shape index (κ1) is 16.3. The van der Waals surface area contributed by atoms with E-state index >= 15 is 0 Å². The summed E-state index contributed by atoms with van der Waals surface area (Å²) >= 11 is 0. The number of carbonyl (C=O) groups is 2. The van der Waals surface area contributed by atoms with Crippen molar-refractivity contribution in [1.82, 2.24) is 10.9 Å². The molecule has 2 aromatic rings. The quantitative estimate of drug-likeness (QED) is 0.845. The number of methoxy groups -OCH3 is 2. The molecule has 7 heteroatoms. The van der Waals surface area contributed by atoms with Crippen LogP contribution in [-0.4, -0.2) is 26.0 Å². The molecule has 6 nitrogen and oxygen atoms in total. The third kappa shape index (κ3) is 3.57. The molecule has 0 atom stereocenters. The predicted molar refractivity (Wildman–Crippen MR) is 80.9 cm³/mol. The van der Waals surface area contributed by atoms with E-state index in [1.807, 2.05) is 0 Å². The molecular formula is C16H15FN2O4. The minimum atomic E-state index is -0.765. The Hall–Kier alpha value is -3.09. The summed E-state index contributed by atoms with van der Waals surface area (Å²) in [7, 11) is 2.84. The van der Waals surface area contributed by atoms with Gasteiger partial charge < -0.3 is 9.47 Å². The van der Waals surface area contributed by atoms with Crippen LogP contribution < -0.4 is 20.3 Å². The van der Waals surface area contributed by atoms with E-state index in [9.17, 15) is 14.0 Å². The van der Waals surface area contributed by atoms with Crippen molar-refractivity contribution in [2.24, 2.45) is 0 Å². The summed E-state index contributed by atoms with van der Waals surface area (Å²) in [5.74, 6) is -1.46. The number of hydrazine groups is 1. The number of hydrogen-bond acceptors (Lipinski definition) is 4. The van der Waals surface area contributed by atoms with Crippen molar-refractivity contribution in [1.29, 1.82) is 0 Å². The normalized spacial score (nSPS) is 9.87. The van der Waals surface area contributed by atoms with Crippen LogP contribution in [0, 0.1) is 5.82 Å². The Bertz CT molecular complexity index is 734. The molecule has 0 saturated heterocycles. The average molecular weight is 318 g/mol. The molecule has 0 fully saturated rings. The van der Waals surface area contributed by atoms with Gasteiger partial charge in [-0.25, -0.2) is 4.39 Å². The van der Waals surface area contributed by atoms with Crippen LogP contribution >= 0.6 is 0 Å². The zero-order valence-electron chi connectivity index (χ0n) is 12.6. The number of nitrogens with one attached hydrogen (secondary N) is 2. The Balaban J connectivity index is 2.12. The highest BCUT2D eigenvalue weighted by atomic mass is 19.1. The maximum Gasteiger partial charge on any atom is 0.273 e. The summed E-state index contributed by atoms with van der Waals surface area (Å²) in [6, 6.07) is 10.2. The summed E-state index contributed by atoms with van der Waals surface area (Å²) in [5.41, 5.74) is 4.35. The molecule has 0 radical (unpaired) electrons. The minimum absolute atomic E-state index is 0.167. The lowest BCUT2D eigenvalue weighted by atomic mass is 10.1. The third-order valence-electron chi connectivity index (χ3n) is 3.06. The molecule has 0 saturated carbocycles. The second kappa shape index (κ2) is 7.26. The van der Waals surface area contributed by atoms with Gasteiger partial charge in [-0.1, -0.05) is 18.2 Å². The molecule has 0 aliphatic carbocycles. The van der Waals surface area contributed by atoms with Gasteiger partial charge in [0.25, 0.3) is 11.8 Å². The van der Waals surface area contributed by atoms with E-state index in [1.165, 1.54) is 38.5 Å². The number of hydrogen-bond donors (Lipinski definition) is 2. The molecule has 2 aromatic carbocycles. The van der Waals surface area contributed by atoms with Crippen LogP contribution in [0.2, 0.25) is 0 Å². The van der Waals surface area contributed by atoms with Gasteiger partial charge in [-0.3, -0.25) is 20.4 Å². The number of benzene rings is 2. The number of para-hydroxylation sites is 1. The zero-order chi connectivity index (χ0) is 16.8. The van der Waals surface area contributed by atoms with Gasteiger partial charge in [0.2, 0.25) is 0 Å². The number of rotatable bonds is 4. The highest BCUT2D eigenvalue weighted by Crippen LogP contribution is 2.30. The van der Waals surface area contributed by atoms with Crippen molar-refractivity contribution in [2.45, 2.75) is 0 Å². The fourth-order valence-corrected chi connectivity index (χ4v) is 1.96. The van der Waals surface area contributed by atoms with E-state index in [2.05, 4.69) is 10.9 Å². The van der Waals surface area contributed by atoms with E-state index in [-0.39, 0.29) is 16.9 Å². The summed E-state index contributed by atoms with van der Waals surface area (Å²) in [4.78, 5) is 24.0. The first-order valence-corrected chi connectivity index (χ1v) is 6.64. The molecule has 0 bridgehead atoms. The number of ether oxygens (including phenoxy) is 2. The maximum absolute atomic E-state index is 13.5. The molecule has 0 unspecified atom stereocenters. The predicted octanol–water partition coefficient (Wildman–Crippen LogP) is 1.92. The molecular weight excluding hydrogens is 303 g/mol. The molecule has 0 aliphatic heterocycles. The third-order valence-corrected chi connectivity index (χ3v) is 3.06. The van der Waals surface area contributed by atoms with Gasteiger partial charge in [-0.15, -0.1) is 0 Å². The van der Waals surface area contributed by atoms with Crippen LogP contribution in [0.25, 0.3) is 0 Å². The monoisotopic (exact) mass is 318 g/mol. The molecule has 23 heavy (non-hydrogen) atoms. The van der Waals surface area contributed by atoms with Crippen molar-refractivity contribution in [3.63, 3.8) is 0 Å². The van der Waals surface area contributed by atoms with Crippen LogP contribution in [0.1, 0.15) is 20.7 Å². The minimum Gasteiger partial charge on any atom is -0.493 e. The van der Waals surface area contributed by atoms with Crippen molar-refractivity contribution < 1.29 is 23.5 Å². The fourth-order valence-electron chi connectivity index (χ4n) is 1.96. The topological polar surface area (TPSA) is 76.7 Å². The maximum atomic E-state index is 13.5. The van der Waals surface area contributed by atoms with Gasteiger partial charge in [0.15, 0.2) is 11.5 Å². The fraction of sp³-hybridized carbons (Fsp3) is 0.125. The molecule has 0 heterocycles. The Morgan fingerprint density at radius 2 is 1.48 bits per heavy atom. The van der Waals surface area contributed by atoms with Crippen LogP contribution in [0.3, 0.4) is 0 Å². The number of halogens is 1. The molecule has 2 rings (SSSR count). The van der Waals surface area contributed by atoms with Gasteiger partial charge in [-0.05, 0) is 24.3 Å². The molecule has 0 spiro atoms. The van der Waals surface area contributed by atoms with E-state index in [0.29, 0.717) is 5.75 Å². The van der Waals surface area contributed by atoms with Gasteiger partial charge >= 0.3 is 0 Å². The van der Waals surface area contributed by atoms with Crippen molar-refractivity contribution >= 4 is 11.8 Å². The van der Waals surface area contributed by atoms with Crippen LogP contribution in [0.4, 0.5) is 4.39 Å². The smallest absolute Gasteiger partial charge is 0.273 e. The van der Waals surface area contributed by atoms with Crippen LogP contribution in [-0.2, 0) is 0 Å². The summed E-state index contributed by atoms with van der Waals surface area (Å²) in [6.45, 7) is 0. The van der Waals surface area contributed by atoms with E-state index < -0.39 is 17.6 Å². The highest BCUT2D eigenvalue weighted by molar-refractivity contribution is 6.01. The second-order valence-corrected chi connectivity index (χ2v) is 4.43. The van der Waals surface area contributed by atoms with Crippen LogP contribution in [0.15, 0.2) is 42.5 Å². The van der Waals surface area contributed by atoms with Gasteiger partial charge in [-0.2, -0.15) is 0 Å². The van der Waals surface area contributed by atoms with Gasteiger partial charge in [0, 0.05) is 0 Å². The van der Waals surface area contributed by atoms with Crippen LogP contribution in [0.5, 0.6) is 11.5 Å². The zero-order valence-corrected chi connectivity index (χ0v) is 12.6. The first-order chi connectivity index (χ1) is 11.1. The lowest BCUT2D eigenvalue weighted by Gasteiger charge is -2.13. The van der Waals surface area contributed by atoms with Crippen molar-refractivity contribution in [3.8, 4) is 11.5 Å². The van der Waals surface area contributed by atoms with Gasteiger partial charge in [0.05, 0.1) is 25.3 Å². The van der Waals surface area contributed by atoms with E-state index in [0.717, 1.165) is 6.07 Å². The first-order valence-electron chi connectivity index (χ1n) is 6.64. The summed E-state index contributed by atoms with van der Waals surface area (Å²) in [6.07, 6.45) is 0. The van der Waals surface area contributed by atoms with Crippen molar-refractivity contribution in [3.05, 3.63) is 59.4 Å². The standard InChI is InChI=1S/C16H15FN2O4/c1-22-13-9-5-7-11(14(13)23-2)16(21)19-18-15(20)10-6-3-4-8-12(10)17/h3-9H,1-2H3,(H,18,20)(H,19,21). The average Bonchev–Trinajstić information content (AvgIpc) is 2.58. The van der Waals surface area contributed by atoms with E-state index in [1.54, 1.807) is 12.1 Å². The number of carbonyl (C=O) groups excluding carboxylic acids is 2. The Kier molecular flexibility index (Phi) is 5.14. The molecule has 0 aromatic heterocycles. The van der Waals surface area contributed by atoms with Crippen molar-refractivity contribution in [2.75, 3.05) is 14.2 Å². The molecule has 2 N–H and O–H groups in total.